The lowest BCUT2D eigenvalue weighted by Crippen LogP contribution is -2.34. The summed E-state index contributed by atoms with van der Waals surface area (Å²) in [6.45, 7) is 0.662. The van der Waals surface area contributed by atoms with Crippen LogP contribution in [-0.4, -0.2) is 32.2 Å². The van der Waals surface area contributed by atoms with E-state index in [1.54, 1.807) is 12.1 Å². The fourth-order valence-corrected chi connectivity index (χ4v) is 1.96. The van der Waals surface area contributed by atoms with Gasteiger partial charge in [0.05, 0.1) is 7.11 Å². The van der Waals surface area contributed by atoms with Crippen molar-refractivity contribution >= 4 is 12.0 Å². The van der Waals surface area contributed by atoms with Crippen molar-refractivity contribution in [3.05, 3.63) is 60.2 Å². The Balaban J connectivity index is 1.87. The van der Waals surface area contributed by atoms with Gasteiger partial charge in [-0.25, -0.2) is 4.79 Å². The van der Waals surface area contributed by atoms with Crippen molar-refractivity contribution in [2.45, 2.75) is 0 Å². The predicted octanol–water partition coefficient (Wildman–Crippen LogP) is 2.44. The molecule has 0 radical (unpaired) electrons. The summed E-state index contributed by atoms with van der Waals surface area (Å²) in [5.41, 5.74) is 2.75. The molecule has 22 heavy (non-hydrogen) atoms. The molecule has 2 N–H and O–H groups in total. The Morgan fingerprint density at radius 2 is 1.45 bits per heavy atom. The zero-order chi connectivity index (χ0) is 15.8. The van der Waals surface area contributed by atoms with E-state index in [0.29, 0.717) is 18.7 Å². The van der Waals surface area contributed by atoms with Gasteiger partial charge in [-0.1, -0.05) is 42.5 Å². The number of carbonyl (C=O) groups is 2. The molecule has 0 aliphatic heterocycles. The summed E-state index contributed by atoms with van der Waals surface area (Å²) >= 11 is 0. The van der Waals surface area contributed by atoms with Gasteiger partial charge < -0.3 is 15.4 Å². The quantitative estimate of drug-likeness (QED) is 0.833. The second-order valence-electron chi connectivity index (χ2n) is 4.62. The van der Waals surface area contributed by atoms with Crippen LogP contribution in [-0.2, 0) is 4.74 Å². The first-order chi connectivity index (χ1) is 10.7. The van der Waals surface area contributed by atoms with Gasteiger partial charge in [-0.3, -0.25) is 4.79 Å². The molecule has 2 aromatic carbocycles. The van der Waals surface area contributed by atoms with Crippen LogP contribution in [0.3, 0.4) is 0 Å². The first-order valence-corrected chi connectivity index (χ1v) is 6.96. The lowest BCUT2D eigenvalue weighted by molar-refractivity contribution is 0.0953. The Labute approximate surface area is 129 Å². The molecule has 0 spiro atoms. The smallest absolute Gasteiger partial charge is 0.406 e. The van der Waals surface area contributed by atoms with E-state index in [1.807, 2.05) is 42.5 Å². The van der Waals surface area contributed by atoms with E-state index in [-0.39, 0.29) is 5.91 Å². The van der Waals surface area contributed by atoms with Crippen LogP contribution in [0, 0.1) is 0 Å². The average Bonchev–Trinajstić information content (AvgIpc) is 2.59. The first-order valence-electron chi connectivity index (χ1n) is 6.96. The highest BCUT2D eigenvalue weighted by Gasteiger charge is 2.05. The van der Waals surface area contributed by atoms with E-state index in [0.717, 1.165) is 11.1 Å². The summed E-state index contributed by atoms with van der Waals surface area (Å²) in [7, 11) is 1.29. The summed E-state index contributed by atoms with van der Waals surface area (Å²) in [5.74, 6) is -0.175. The van der Waals surface area contributed by atoms with Crippen molar-refractivity contribution in [1.29, 1.82) is 0 Å². The Morgan fingerprint density at radius 3 is 2.09 bits per heavy atom. The largest absolute Gasteiger partial charge is 0.453 e. The van der Waals surface area contributed by atoms with Crippen LogP contribution in [0.5, 0.6) is 0 Å². The maximum Gasteiger partial charge on any atom is 0.406 e. The van der Waals surface area contributed by atoms with E-state index < -0.39 is 6.09 Å². The monoisotopic (exact) mass is 298 g/mol. The molecule has 0 unspecified atom stereocenters. The lowest BCUT2D eigenvalue weighted by atomic mass is 10.0. The third-order valence-corrected chi connectivity index (χ3v) is 3.12. The molecular formula is C17H18N2O3. The molecule has 0 saturated carbocycles. The van der Waals surface area contributed by atoms with Crippen LogP contribution in [0.4, 0.5) is 4.79 Å². The van der Waals surface area contributed by atoms with Crippen LogP contribution in [0.1, 0.15) is 10.4 Å². The highest BCUT2D eigenvalue weighted by molar-refractivity contribution is 5.94. The second-order valence-corrected chi connectivity index (χ2v) is 4.62. The number of methoxy groups -OCH3 is 1. The maximum atomic E-state index is 12.0. The first kappa shape index (κ1) is 15.6. The van der Waals surface area contributed by atoms with Gasteiger partial charge in [0.15, 0.2) is 0 Å². The van der Waals surface area contributed by atoms with Gasteiger partial charge in [-0.15, -0.1) is 0 Å². The minimum Gasteiger partial charge on any atom is -0.453 e. The van der Waals surface area contributed by atoms with Crippen LogP contribution < -0.4 is 10.6 Å². The fourth-order valence-electron chi connectivity index (χ4n) is 1.96. The minimum atomic E-state index is -0.513. The molecule has 2 aromatic rings. The number of nitrogens with one attached hydrogen (secondary N) is 2. The van der Waals surface area contributed by atoms with Crippen molar-refractivity contribution in [1.82, 2.24) is 10.6 Å². The maximum absolute atomic E-state index is 12.0. The summed E-state index contributed by atoms with van der Waals surface area (Å²) in [6.07, 6.45) is -0.513. The molecule has 0 heterocycles. The van der Waals surface area contributed by atoms with Gasteiger partial charge in [-0.05, 0) is 23.3 Å². The van der Waals surface area contributed by atoms with E-state index in [4.69, 9.17) is 0 Å². The van der Waals surface area contributed by atoms with E-state index in [9.17, 15) is 9.59 Å². The number of hydrogen-bond acceptors (Lipinski definition) is 3. The molecule has 5 nitrogen and oxygen atoms in total. The molecule has 2 rings (SSSR count). The number of benzene rings is 2. The molecule has 0 aliphatic rings. The standard InChI is InChI=1S/C17H18N2O3/c1-22-17(21)19-12-11-18-16(20)15-9-7-14(8-10-15)13-5-3-2-4-6-13/h2-10H,11-12H2,1H3,(H,18,20)(H,19,21). The van der Waals surface area contributed by atoms with Crippen molar-refractivity contribution < 1.29 is 14.3 Å². The molecule has 114 valence electrons. The van der Waals surface area contributed by atoms with Crippen LogP contribution in [0.15, 0.2) is 54.6 Å². The van der Waals surface area contributed by atoms with Gasteiger partial charge in [0.1, 0.15) is 0 Å². The van der Waals surface area contributed by atoms with Gasteiger partial charge >= 0.3 is 6.09 Å². The number of rotatable bonds is 5. The third-order valence-electron chi connectivity index (χ3n) is 3.12. The molecule has 5 heteroatoms. The number of hydrogen-bond donors (Lipinski definition) is 2. The van der Waals surface area contributed by atoms with E-state index >= 15 is 0 Å². The van der Waals surface area contributed by atoms with Crippen molar-refractivity contribution in [3.8, 4) is 11.1 Å². The molecule has 0 atom stereocenters. The Kier molecular flexibility index (Phi) is 5.54. The van der Waals surface area contributed by atoms with Crippen LogP contribution in [0.25, 0.3) is 11.1 Å². The number of alkyl carbamates (subject to hydrolysis) is 1. The van der Waals surface area contributed by atoms with Gasteiger partial charge in [0.2, 0.25) is 0 Å². The highest BCUT2D eigenvalue weighted by Crippen LogP contribution is 2.19. The zero-order valence-electron chi connectivity index (χ0n) is 12.3. The summed E-state index contributed by atoms with van der Waals surface area (Å²) < 4.78 is 4.43. The Hall–Kier alpha value is -2.82. The van der Waals surface area contributed by atoms with Gasteiger partial charge in [0.25, 0.3) is 5.91 Å². The number of carbonyl (C=O) groups excluding carboxylic acids is 2. The zero-order valence-corrected chi connectivity index (χ0v) is 12.3. The second kappa shape index (κ2) is 7.83. The molecule has 0 aliphatic carbocycles. The summed E-state index contributed by atoms with van der Waals surface area (Å²) in [4.78, 5) is 22.8. The third kappa shape index (κ3) is 4.34. The minimum absolute atomic E-state index is 0.175. The average molecular weight is 298 g/mol. The summed E-state index contributed by atoms with van der Waals surface area (Å²) in [5, 5.41) is 5.22. The van der Waals surface area contributed by atoms with Gasteiger partial charge in [0, 0.05) is 18.7 Å². The SMILES string of the molecule is COC(=O)NCCNC(=O)c1ccc(-c2ccccc2)cc1. The van der Waals surface area contributed by atoms with Crippen molar-refractivity contribution in [2.24, 2.45) is 0 Å². The molecule has 2 amide bonds. The van der Waals surface area contributed by atoms with Crippen LogP contribution >= 0.6 is 0 Å². The number of ether oxygens (including phenoxy) is 1. The van der Waals surface area contributed by atoms with E-state index in [1.165, 1.54) is 7.11 Å². The number of amides is 2. The highest BCUT2D eigenvalue weighted by atomic mass is 16.5. The molecule has 0 fully saturated rings. The molecule has 0 aromatic heterocycles. The molecule has 0 saturated heterocycles. The van der Waals surface area contributed by atoms with E-state index in [2.05, 4.69) is 15.4 Å². The van der Waals surface area contributed by atoms with Crippen LogP contribution in [0.2, 0.25) is 0 Å². The predicted molar refractivity (Wildman–Crippen MR) is 84.6 cm³/mol. The van der Waals surface area contributed by atoms with Gasteiger partial charge in [-0.2, -0.15) is 0 Å². The Morgan fingerprint density at radius 1 is 0.864 bits per heavy atom. The lowest BCUT2D eigenvalue weighted by Gasteiger charge is -2.07. The molecular weight excluding hydrogens is 280 g/mol. The normalized spacial score (nSPS) is 9.86. The van der Waals surface area contributed by atoms with Crippen molar-refractivity contribution in [3.63, 3.8) is 0 Å². The van der Waals surface area contributed by atoms with Crippen molar-refractivity contribution in [2.75, 3.05) is 20.2 Å². The molecule has 0 bridgehead atoms. The fraction of sp³-hybridized carbons (Fsp3) is 0.176. The topological polar surface area (TPSA) is 67.4 Å². The summed E-state index contributed by atoms with van der Waals surface area (Å²) in [6, 6.07) is 17.4. The Bertz CT molecular complexity index is 624.